The van der Waals surface area contributed by atoms with Crippen LogP contribution in [0.15, 0.2) is 340 Å². The van der Waals surface area contributed by atoms with Crippen molar-refractivity contribution in [3.8, 4) is 33.4 Å². The summed E-state index contributed by atoms with van der Waals surface area (Å²) >= 11 is 0. The Morgan fingerprint density at radius 1 is 0.202 bits per heavy atom. The van der Waals surface area contributed by atoms with Gasteiger partial charge in [0.05, 0.1) is 10.8 Å². The van der Waals surface area contributed by atoms with E-state index in [-0.39, 0.29) is 0 Å². The lowest BCUT2D eigenvalue weighted by Crippen LogP contribution is -2.28. The van der Waals surface area contributed by atoms with Crippen molar-refractivity contribution in [2.45, 2.75) is 10.8 Å². The van der Waals surface area contributed by atoms with E-state index in [2.05, 4.69) is 350 Å². The minimum atomic E-state index is -0.492. The van der Waals surface area contributed by atoms with Gasteiger partial charge in [0.25, 0.3) is 0 Å². The Kier molecular flexibility index (Phi) is 11.7. The second kappa shape index (κ2) is 20.0. The molecule has 0 amide bonds. The van der Waals surface area contributed by atoms with Gasteiger partial charge in [-0.25, -0.2) is 0 Å². The average Bonchev–Trinajstić information content (AvgIpc) is 1.57. The Bertz CT molecular complexity index is 4350. The molecular weight excluding hydrogens is 1010 g/mol. The first-order valence-electron chi connectivity index (χ1n) is 29.2. The molecule has 0 aromatic heterocycles. The van der Waals surface area contributed by atoms with Crippen molar-refractivity contribution in [3.05, 3.63) is 384 Å². The summed E-state index contributed by atoms with van der Waals surface area (Å²) in [4.78, 5) is 4.77. The zero-order valence-electron chi connectivity index (χ0n) is 46.2. The Morgan fingerprint density at radius 3 is 0.833 bits per heavy atom. The van der Waals surface area contributed by atoms with Gasteiger partial charge < -0.3 is 9.80 Å². The first kappa shape index (κ1) is 49.1. The lowest BCUT2D eigenvalue weighted by atomic mass is 9.67. The average molecular weight is 1070 g/mol. The van der Waals surface area contributed by atoms with Gasteiger partial charge in [-0.15, -0.1) is 0 Å². The fourth-order valence-electron chi connectivity index (χ4n) is 14.5. The first-order chi connectivity index (χ1) is 41.7. The molecule has 2 aliphatic rings. The number of hydrogen-bond acceptors (Lipinski definition) is 2. The lowest BCUT2D eigenvalue weighted by Gasteiger charge is -2.35. The zero-order chi connectivity index (χ0) is 55.6. The monoisotopic (exact) mass is 1070 g/mol. The maximum atomic E-state index is 2.38. The number of fused-ring (bicyclic) bond motifs is 10. The molecule has 0 radical (unpaired) electrons. The molecule has 0 fully saturated rings. The zero-order valence-corrected chi connectivity index (χ0v) is 46.2. The Balaban J connectivity index is 0.758. The summed E-state index contributed by atoms with van der Waals surface area (Å²) < 4.78 is 0. The number of benzene rings is 14. The van der Waals surface area contributed by atoms with Crippen molar-refractivity contribution in [2.24, 2.45) is 0 Å². The summed E-state index contributed by atoms with van der Waals surface area (Å²) in [6.07, 6.45) is 0. The highest BCUT2D eigenvalue weighted by Gasteiger charge is 2.48. The Hall–Kier alpha value is -10.8. The van der Waals surface area contributed by atoms with Crippen LogP contribution >= 0.6 is 0 Å². The van der Waals surface area contributed by atoms with Gasteiger partial charge in [0.15, 0.2) is 0 Å². The van der Waals surface area contributed by atoms with Gasteiger partial charge >= 0.3 is 0 Å². The Morgan fingerprint density at radius 2 is 0.488 bits per heavy atom. The summed E-state index contributed by atoms with van der Waals surface area (Å²) in [6.45, 7) is 0. The quantitative estimate of drug-likeness (QED) is 0.127. The summed E-state index contributed by atoms with van der Waals surface area (Å²) in [7, 11) is 0. The van der Waals surface area contributed by atoms with E-state index < -0.39 is 10.8 Å². The highest BCUT2D eigenvalue weighted by Crippen LogP contribution is 2.60. The number of anilines is 6. The van der Waals surface area contributed by atoms with Crippen LogP contribution < -0.4 is 9.80 Å². The molecule has 2 nitrogen and oxygen atoms in total. The van der Waals surface area contributed by atoms with Crippen LogP contribution in [0.2, 0.25) is 0 Å². The molecule has 14 aromatic rings. The maximum Gasteiger partial charge on any atom is 0.0719 e. The van der Waals surface area contributed by atoms with Gasteiger partial charge in [-0.3, -0.25) is 0 Å². The van der Waals surface area contributed by atoms with Crippen LogP contribution in [0.4, 0.5) is 34.1 Å². The summed E-state index contributed by atoms with van der Waals surface area (Å²) in [6, 6.07) is 125. The third-order valence-electron chi connectivity index (χ3n) is 18.0. The topological polar surface area (TPSA) is 6.48 Å². The van der Waals surface area contributed by atoms with E-state index in [4.69, 9.17) is 0 Å². The molecular formula is C82H56N2. The minimum Gasteiger partial charge on any atom is -0.310 e. The van der Waals surface area contributed by atoms with E-state index in [1.54, 1.807) is 0 Å². The van der Waals surface area contributed by atoms with Crippen molar-refractivity contribution in [1.29, 1.82) is 0 Å². The molecule has 14 aromatic carbocycles. The minimum absolute atomic E-state index is 0.492. The van der Waals surface area contributed by atoms with Gasteiger partial charge in [-0.2, -0.15) is 0 Å². The fourth-order valence-corrected chi connectivity index (χ4v) is 14.5. The molecule has 0 atom stereocenters. The maximum absolute atomic E-state index is 2.38. The molecule has 0 bridgehead atoms. The van der Waals surface area contributed by atoms with Crippen molar-refractivity contribution in [3.63, 3.8) is 0 Å². The van der Waals surface area contributed by atoms with Crippen molar-refractivity contribution in [2.75, 3.05) is 9.80 Å². The molecule has 0 spiro atoms. The Labute approximate surface area is 491 Å². The predicted octanol–water partition coefficient (Wildman–Crippen LogP) is 21.3. The fraction of sp³-hybridized carbons (Fsp3) is 0.0244. The SMILES string of the molecule is c1ccc(N(c2ccc(-c3ccc(N(c4ccccc4)c4ccc5c6c(ccc5c4)-c4ccccc4C6(c4ccccc4)c4ccccc4)cc3)cc2)c2ccc3c4c(ccc3c2)-c2ccccc2C4(c2ccccc2)c2ccccc2)cc1. The number of rotatable bonds is 11. The lowest BCUT2D eigenvalue weighted by molar-refractivity contribution is 0.775. The molecule has 0 unspecified atom stereocenters. The molecule has 394 valence electrons. The third kappa shape index (κ3) is 7.58. The van der Waals surface area contributed by atoms with Crippen LogP contribution in [0, 0.1) is 0 Å². The van der Waals surface area contributed by atoms with E-state index >= 15 is 0 Å². The van der Waals surface area contributed by atoms with Crippen LogP contribution in [0.1, 0.15) is 44.5 Å². The molecule has 0 aliphatic heterocycles. The molecule has 0 saturated carbocycles. The number of para-hydroxylation sites is 2. The number of hydrogen-bond donors (Lipinski definition) is 0. The normalized spacial score (nSPS) is 13.2. The molecule has 16 rings (SSSR count). The predicted molar refractivity (Wildman–Crippen MR) is 351 cm³/mol. The van der Waals surface area contributed by atoms with Crippen molar-refractivity contribution >= 4 is 55.7 Å². The highest BCUT2D eigenvalue weighted by atomic mass is 15.1. The van der Waals surface area contributed by atoms with E-state index in [0.29, 0.717) is 0 Å². The third-order valence-corrected chi connectivity index (χ3v) is 18.0. The molecule has 0 saturated heterocycles. The van der Waals surface area contributed by atoms with Crippen molar-refractivity contribution in [1.82, 2.24) is 0 Å². The summed E-state index contributed by atoms with van der Waals surface area (Å²) in [5, 5.41) is 4.90. The van der Waals surface area contributed by atoms with Gasteiger partial charge in [0.2, 0.25) is 0 Å². The molecule has 84 heavy (non-hydrogen) atoms. The van der Waals surface area contributed by atoms with E-state index in [9.17, 15) is 0 Å². The van der Waals surface area contributed by atoms with Crippen LogP contribution in [0.5, 0.6) is 0 Å². The molecule has 2 heteroatoms. The van der Waals surface area contributed by atoms with Crippen LogP contribution in [0.25, 0.3) is 54.9 Å². The largest absolute Gasteiger partial charge is 0.310 e. The smallest absolute Gasteiger partial charge is 0.0719 e. The van der Waals surface area contributed by atoms with Gasteiger partial charge in [0, 0.05) is 34.1 Å². The van der Waals surface area contributed by atoms with Crippen molar-refractivity contribution < 1.29 is 0 Å². The molecule has 2 aliphatic carbocycles. The van der Waals surface area contributed by atoms with Gasteiger partial charge in [-0.1, -0.05) is 267 Å². The van der Waals surface area contributed by atoms with E-state index in [0.717, 1.165) is 45.3 Å². The second-order valence-electron chi connectivity index (χ2n) is 22.3. The van der Waals surface area contributed by atoms with Gasteiger partial charge in [-0.05, 0) is 172 Å². The van der Waals surface area contributed by atoms with Crippen LogP contribution in [-0.2, 0) is 10.8 Å². The summed E-state index contributed by atoms with van der Waals surface area (Å²) in [5.74, 6) is 0. The van der Waals surface area contributed by atoms with E-state index in [1.807, 2.05) is 0 Å². The summed E-state index contributed by atoms with van der Waals surface area (Å²) in [5.41, 5.74) is 23.4. The van der Waals surface area contributed by atoms with E-state index in [1.165, 1.54) is 88.3 Å². The second-order valence-corrected chi connectivity index (χ2v) is 22.3. The van der Waals surface area contributed by atoms with Crippen LogP contribution in [0.3, 0.4) is 0 Å². The highest BCUT2D eigenvalue weighted by molar-refractivity contribution is 6.04. The first-order valence-corrected chi connectivity index (χ1v) is 29.2. The number of nitrogens with zero attached hydrogens (tertiary/aromatic N) is 2. The molecule has 0 heterocycles. The molecule has 0 N–H and O–H groups in total. The van der Waals surface area contributed by atoms with Gasteiger partial charge in [0.1, 0.15) is 0 Å². The standard InChI is InChI=1S/C82H56N2/c1-7-23-61(24-8-1)81(62-25-9-2-10-26-62)77-37-21-19-35-73(77)75-51-43-59-55-69(49-53-71(59)79(75)81)83(65-31-15-5-16-32-65)67-45-39-57(40-46-67)58-41-47-68(48-42-58)84(66-33-17-6-18-34-66)70-50-54-72-60(56-70)44-52-76-74-36-20-22-38-78(74)82(80(72)76,63-27-11-3-12-28-63)64-29-13-4-14-30-64/h1-56H. The van der Waals surface area contributed by atoms with Crippen LogP contribution in [-0.4, -0.2) is 0 Å².